The number of aliphatic imine (C=N–C) groups is 1. The van der Waals surface area contributed by atoms with Crippen molar-refractivity contribution < 1.29 is 29.1 Å². The number of hydrogen-bond acceptors (Lipinski definition) is 7. The van der Waals surface area contributed by atoms with E-state index >= 15 is 0 Å². The van der Waals surface area contributed by atoms with E-state index in [1.165, 1.54) is 6.92 Å². The Hall–Kier alpha value is -4.20. The number of guanidine groups is 1. The van der Waals surface area contributed by atoms with E-state index in [1.54, 1.807) is 30.3 Å². The molecule has 0 aliphatic rings. The molecule has 0 saturated carbocycles. The lowest BCUT2D eigenvalue weighted by molar-refractivity contribution is -0.142. The van der Waals surface area contributed by atoms with Gasteiger partial charge < -0.3 is 44.0 Å². The number of carbonyl (C=O) groups excluding carboxylic acids is 4. The van der Waals surface area contributed by atoms with Crippen molar-refractivity contribution >= 4 is 35.6 Å². The smallest absolute Gasteiger partial charge is 0.326 e. The summed E-state index contributed by atoms with van der Waals surface area (Å²) >= 11 is 0. The van der Waals surface area contributed by atoms with Gasteiger partial charge in [0, 0.05) is 13.0 Å². The van der Waals surface area contributed by atoms with Crippen LogP contribution in [-0.2, 0) is 30.4 Å². The maximum absolute atomic E-state index is 13.0. The van der Waals surface area contributed by atoms with E-state index in [0.717, 1.165) is 0 Å². The van der Waals surface area contributed by atoms with E-state index in [2.05, 4.69) is 20.9 Å². The zero-order valence-corrected chi connectivity index (χ0v) is 20.0. The second-order valence-electron chi connectivity index (χ2n) is 8.12. The number of primary amides is 1. The van der Waals surface area contributed by atoms with Crippen LogP contribution in [0.2, 0.25) is 0 Å². The molecule has 36 heavy (non-hydrogen) atoms. The molecule has 0 aliphatic carbocycles. The van der Waals surface area contributed by atoms with Crippen LogP contribution in [0.3, 0.4) is 0 Å². The summed E-state index contributed by atoms with van der Waals surface area (Å²) in [6.45, 7) is 1.58. The Labute approximate surface area is 208 Å². The van der Waals surface area contributed by atoms with Crippen LogP contribution >= 0.6 is 0 Å². The summed E-state index contributed by atoms with van der Waals surface area (Å²) in [7, 11) is 0. The number of carboxylic acid groups (broad SMARTS) is 1. The molecular formula is C22H34N8O6. The highest BCUT2D eigenvalue weighted by Crippen LogP contribution is 2.06. The molecule has 4 unspecified atom stereocenters. The van der Waals surface area contributed by atoms with Gasteiger partial charge in [-0.2, -0.15) is 0 Å². The van der Waals surface area contributed by atoms with Crippen LogP contribution < -0.4 is 38.9 Å². The lowest BCUT2D eigenvalue weighted by atomic mass is 10.0. The molecule has 0 aromatic heterocycles. The summed E-state index contributed by atoms with van der Waals surface area (Å²) in [5.41, 5.74) is 22.0. The lowest BCUT2D eigenvalue weighted by Gasteiger charge is -2.24. The predicted octanol–water partition coefficient (Wildman–Crippen LogP) is -2.96. The molecule has 0 fully saturated rings. The summed E-state index contributed by atoms with van der Waals surface area (Å²) < 4.78 is 0. The molecule has 12 N–H and O–H groups in total. The van der Waals surface area contributed by atoms with Crippen molar-refractivity contribution in [3.63, 3.8) is 0 Å². The van der Waals surface area contributed by atoms with E-state index in [4.69, 9.17) is 22.9 Å². The number of aliphatic carboxylic acids is 1. The molecule has 1 aromatic rings. The van der Waals surface area contributed by atoms with Crippen LogP contribution in [0.5, 0.6) is 0 Å². The Morgan fingerprint density at radius 2 is 1.44 bits per heavy atom. The SMILES string of the molecule is CC(N)C(=O)NC(Cc1ccccc1)C(=O)NC(CC(N)=O)C(=O)NC(CCCN=C(N)N)C(=O)O. The van der Waals surface area contributed by atoms with Gasteiger partial charge in [-0.25, -0.2) is 4.79 Å². The van der Waals surface area contributed by atoms with Gasteiger partial charge in [0.15, 0.2) is 5.96 Å². The van der Waals surface area contributed by atoms with Gasteiger partial charge in [0.2, 0.25) is 23.6 Å². The fourth-order valence-electron chi connectivity index (χ4n) is 3.08. The largest absolute Gasteiger partial charge is 0.480 e. The van der Waals surface area contributed by atoms with E-state index < -0.39 is 60.2 Å². The first-order valence-corrected chi connectivity index (χ1v) is 11.2. The quantitative estimate of drug-likeness (QED) is 0.0685. The van der Waals surface area contributed by atoms with E-state index in [-0.39, 0.29) is 31.8 Å². The van der Waals surface area contributed by atoms with Crippen molar-refractivity contribution in [1.82, 2.24) is 16.0 Å². The van der Waals surface area contributed by atoms with Crippen molar-refractivity contribution in [2.45, 2.75) is 56.8 Å². The van der Waals surface area contributed by atoms with Crippen LogP contribution in [0.1, 0.15) is 31.7 Å². The predicted molar refractivity (Wildman–Crippen MR) is 131 cm³/mol. The number of nitrogens with zero attached hydrogens (tertiary/aromatic N) is 1. The van der Waals surface area contributed by atoms with E-state index in [0.29, 0.717) is 5.56 Å². The fourth-order valence-corrected chi connectivity index (χ4v) is 3.08. The number of carboxylic acids is 1. The zero-order valence-electron chi connectivity index (χ0n) is 20.0. The second-order valence-corrected chi connectivity index (χ2v) is 8.12. The van der Waals surface area contributed by atoms with Crippen molar-refractivity contribution in [3.8, 4) is 0 Å². The van der Waals surface area contributed by atoms with E-state index in [1.807, 2.05) is 0 Å². The summed E-state index contributed by atoms with van der Waals surface area (Å²) in [6, 6.07) is 3.90. The van der Waals surface area contributed by atoms with Gasteiger partial charge in [-0.15, -0.1) is 0 Å². The minimum absolute atomic E-state index is 0.0177. The van der Waals surface area contributed by atoms with Gasteiger partial charge in [0.05, 0.1) is 12.5 Å². The number of carbonyl (C=O) groups is 5. The Kier molecular flexibility index (Phi) is 12.4. The third kappa shape index (κ3) is 11.3. The normalized spacial score (nSPS) is 13.8. The molecule has 4 atom stereocenters. The van der Waals surface area contributed by atoms with Crippen molar-refractivity contribution in [2.75, 3.05) is 6.54 Å². The highest BCUT2D eigenvalue weighted by Gasteiger charge is 2.31. The molecule has 14 heteroatoms. The molecule has 0 radical (unpaired) electrons. The second kappa shape index (κ2) is 14.9. The number of nitrogens with two attached hydrogens (primary N) is 4. The fraction of sp³-hybridized carbons (Fsp3) is 0.455. The molecule has 1 aromatic carbocycles. The molecule has 198 valence electrons. The molecule has 0 saturated heterocycles. The van der Waals surface area contributed by atoms with Crippen molar-refractivity contribution in [2.24, 2.45) is 27.9 Å². The van der Waals surface area contributed by atoms with E-state index in [9.17, 15) is 29.1 Å². The average Bonchev–Trinajstić information content (AvgIpc) is 2.79. The maximum Gasteiger partial charge on any atom is 0.326 e. The van der Waals surface area contributed by atoms with Crippen LogP contribution in [0.25, 0.3) is 0 Å². The number of amides is 4. The van der Waals surface area contributed by atoms with Crippen LogP contribution in [-0.4, -0.2) is 71.4 Å². The highest BCUT2D eigenvalue weighted by molar-refractivity contribution is 5.96. The first-order valence-electron chi connectivity index (χ1n) is 11.2. The van der Waals surface area contributed by atoms with Gasteiger partial charge in [0.1, 0.15) is 18.1 Å². The number of benzene rings is 1. The number of nitrogens with one attached hydrogen (secondary N) is 3. The molecular weight excluding hydrogens is 472 g/mol. The molecule has 4 amide bonds. The van der Waals surface area contributed by atoms with Crippen LogP contribution in [0, 0.1) is 0 Å². The number of hydrogen-bond donors (Lipinski definition) is 8. The third-order valence-corrected chi connectivity index (χ3v) is 4.93. The first-order chi connectivity index (χ1) is 16.9. The molecule has 0 spiro atoms. The Morgan fingerprint density at radius 1 is 0.889 bits per heavy atom. The van der Waals surface area contributed by atoms with Gasteiger partial charge in [-0.3, -0.25) is 24.2 Å². The average molecular weight is 507 g/mol. The van der Waals surface area contributed by atoms with Gasteiger partial charge in [0.25, 0.3) is 0 Å². The first kappa shape index (κ1) is 29.8. The van der Waals surface area contributed by atoms with Crippen molar-refractivity contribution in [1.29, 1.82) is 0 Å². The molecule has 0 heterocycles. The molecule has 0 aliphatic heterocycles. The minimum Gasteiger partial charge on any atom is -0.480 e. The summed E-state index contributed by atoms with van der Waals surface area (Å²) in [5.74, 6) is -4.72. The third-order valence-electron chi connectivity index (χ3n) is 4.93. The summed E-state index contributed by atoms with van der Waals surface area (Å²) in [6.07, 6.45) is -0.309. The Morgan fingerprint density at radius 3 is 1.97 bits per heavy atom. The monoisotopic (exact) mass is 506 g/mol. The van der Waals surface area contributed by atoms with Crippen LogP contribution in [0.4, 0.5) is 0 Å². The molecule has 14 nitrogen and oxygen atoms in total. The van der Waals surface area contributed by atoms with Gasteiger partial charge >= 0.3 is 5.97 Å². The van der Waals surface area contributed by atoms with Crippen molar-refractivity contribution in [3.05, 3.63) is 35.9 Å². The molecule has 1 rings (SSSR count). The van der Waals surface area contributed by atoms with Crippen LogP contribution in [0.15, 0.2) is 35.3 Å². The summed E-state index contributed by atoms with van der Waals surface area (Å²) in [4.78, 5) is 64.9. The van der Waals surface area contributed by atoms with Gasteiger partial charge in [-0.05, 0) is 25.3 Å². The zero-order chi connectivity index (χ0) is 27.3. The molecule has 0 bridgehead atoms. The Bertz CT molecular complexity index is 949. The maximum atomic E-state index is 13.0. The topological polar surface area (TPSA) is 258 Å². The lowest BCUT2D eigenvalue weighted by Crippen LogP contribution is -2.58. The number of rotatable bonds is 15. The van der Waals surface area contributed by atoms with Gasteiger partial charge in [-0.1, -0.05) is 30.3 Å². The highest BCUT2D eigenvalue weighted by atomic mass is 16.4. The minimum atomic E-state index is -1.49. The standard InChI is InChI=1S/C22H34N8O6/c1-12(23)18(32)29-15(10-13-6-3-2-4-7-13)19(33)30-16(11-17(24)31)20(34)28-14(21(35)36)8-5-9-27-22(25)26/h2-4,6-7,12,14-16H,5,8-11,23H2,1H3,(H2,24,31)(H,28,34)(H,29,32)(H,30,33)(H,35,36)(H4,25,26,27). The Balaban J connectivity index is 3.00. The summed E-state index contributed by atoms with van der Waals surface area (Å²) in [5, 5.41) is 16.6.